The van der Waals surface area contributed by atoms with Gasteiger partial charge in [-0.1, -0.05) is 30.3 Å². The Morgan fingerprint density at radius 1 is 1.06 bits per heavy atom. The number of nitrogens with zero attached hydrogens (tertiary/aromatic N) is 2. The number of anilines is 1. The average Bonchev–Trinajstić information content (AvgIpc) is 2.77. The van der Waals surface area contributed by atoms with Gasteiger partial charge in [-0.2, -0.15) is 0 Å². The molecule has 5 N–H and O–H groups in total. The Bertz CT molecular complexity index is 1130. The molecule has 8 heteroatoms. The summed E-state index contributed by atoms with van der Waals surface area (Å²) in [5.74, 6) is 0.314. The Morgan fingerprint density at radius 2 is 1.79 bits per heavy atom. The zero-order valence-electron chi connectivity index (χ0n) is 19.7. The summed E-state index contributed by atoms with van der Waals surface area (Å²) in [4.78, 5) is 20.9. The van der Waals surface area contributed by atoms with Gasteiger partial charge in [0.2, 0.25) is 5.91 Å². The molecule has 1 amide bonds. The minimum atomic E-state index is -0.893. The minimum absolute atomic E-state index is 0.101. The van der Waals surface area contributed by atoms with Gasteiger partial charge >= 0.3 is 0 Å². The van der Waals surface area contributed by atoms with E-state index in [4.69, 9.17) is 0 Å². The number of pyridine rings is 2. The molecule has 0 spiro atoms. The number of nitrogens with one attached hydrogen (secondary N) is 2. The molecule has 0 fully saturated rings. The van der Waals surface area contributed by atoms with Crippen molar-refractivity contribution < 1.29 is 20.1 Å². The fourth-order valence-electron chi connectivity index (χ4n) is 3.70. The van der Waals surface area contributed by atoms with Crippen LogP contribution >= 0.6 is 0 Å². The molecule has 0 radical (unpaired) electrons. The van der Waals surface area contributed by atoms with E-state index in [0.717, 1.165) is 16.8 Å². The molecule has 0 saturated heterocycles. The second-order valence-electron chi connectivity index (χ2n) is 9.03. The first-order chi connectivity index (χ1) is 16.1. The van der Waals surface area contributed by atoms with Crippen molar-refractivity contribution in [2.75, 3.05) is 11.9 Å². The van der Waals surface area contributed by atoms with Gasteiger partial charge in [0.05, 0.1) is 18.7 Å². The molecule has 0 aliphatic rings. The maximum atomic E-state index is 12.4. The van der Waals surface area contributed by atoms with Crippen LogP contribution in [0.4, 0.5) is 5.82 Å². The molecule has 3 rings (SSSR count). The summed E-state index contributed by atoms with van der Waals surface area (Å²) in [6.07, 6.45) is 0.0327. The molecule has 0 saturated carbocycles. The first kappa shape index (κ1) is 25.3. The predicted octanol–water partition coefficient (Wildman–Crippen LogP) is 2.81. The van der Waals surface area contributed by atoms with Crippen molar-refractivity contribution in [1.82, 2.24) is 15.3 Å². The highest BCUT2D eigenvalue weighted by molar-refractivity contribution is 5.91. The van der Waals surface area contributed by atoms with Crippen LogP contribution in [-0.4, -0.2) is 43.3 Å². The fraction of sp³-hybridized carbons (Fsp3) is 0.346. The van der Waals surface area contributed by atoms with Crippen LogP contribution in [0.1, 0.15) is 48.2 Å². The van der Waals surface area contributed by atoms with Crippen LogP contribution in [0.3, 0.4) is 0 Å². The van der Waals surface area contributed by atoms with Crippen molar-refractivity contribution in [2.24, 2.45) is 0 Å². The van der Waals surface area contributed by atoms with E-state index in [1.807, 2.05) is 57.2 Å². The van der Waals surface area contributed by atoms with Crippen LogP contribution in [0, 0.1) is 6.92 Å². The summed E-state index contributed by atoms with van der Waals surface area (Å²) in [5, 5.41) is 35.6. The van der Waals surface area contributed by atoms with Crippen LogP contribution in [0.5, 0.6) is 5.75 Å². The molecule has 2 heterocycles. The van der Waals surface area contributed by atoms with Crippen molar-refractivity contribution in [1.29, 1.82) is 0 Å². The lowest BCUT2D eigenvalue weighted by atomic mass is 9.93. The zero-order valence-corrected chi connectivity index (χ0v) is 19.7. The Balaban J connectivity index is 1.57. The lowest BCUT2D eigenvalue weighted by molar-refractivity contribution is -0.115. The third kappa shape index (κ3) is 7.34. The Morgan fingerprint density at radius 3 is 2.53 bits per heavy atom. The van der Waals surface area contributed by atoms with Crippen LogP contribution in [0.2, 0.25) is 0 Å². The third-order valence-electron chi connectivity index (χ3n) is 5.39. The van der Waals surface area contributed by atoms with Gasteiger partial charge in [-0.15, -0.1) is 0 Å². The zero-order chi connectivity index (χ0) is 24.7. The van der Waals surface area contributed by atoms with Gasteiger partial charge in [0, 0.05) is 17.8 Å². The number of hydrogen-bond acceptors (Lipinski definition) is 7. The highest BCUT2D eigenvalue weighted by atomic mass is 16.3. The fourth-order valence-corrected chi connectivity index (χ4v) is 3.70. The van der Waals surface area contributed by atoms with Crippen molar-refractivity contribution in [3.05, 3.63) is 82.8 Å². The van der Waals surface area contributed by atoms with Crippen molar-refractivity contribution in [2.45, 2.75) is 51.9 Å². The number of aliphatic hydroxyl groups is 2. The number of rotatable bonds is 10. The second kappa shape index (κ2) is 11.2. The lowest BCUT2D eigenvalue weighted by Crippen LogP contribution is -2.43. The smallest absolute Gasteiger partial charge is 0.229 e. The van der Waals surface area contributed by atoms with Gasteiger partial charge < -0.3 is 26.0 Å². The van der Waals surface area contributed by atoms with Crippen LogP contribution in [0.25, 0.3) is 0 Å². The molecule has 2 aromatic heterocycles. The number of benzene rings is 1. The summed E-state index contributed by atoms with van der Waals surface area (Å²) in [6, 6.07) is 16.3. The van der Waals surface area contributed by atoms with Crippen LogP contribution in [-0.2, 0) is 24.2 Å². The molecule has 1 atom stereocenters. The summed E-state index contributed by atoms with van der Waals surface area (Å²) in [5.41, 5.74) is 2.98. The maximum absolute atomic E-state index is 12.4. The number of hydrogen-bond donors (Lipinski definition) is 5. The summed E-state index contributed by atoms with van der Waals surface area (Å²) in [7, 11) is 0. The molecule has 0 aliphatic carbocycles. The quantitative estimate of drug-likeness (QED) is 0.312. The Hall–Kier alpha value is -3.33. The second-order valence-corrected chi connectivity index (χ2v) is 9.03. The van der Waals surface area contributed by atoms with Crippen molar-refractivity contribution in [3.8, 4) is 5.75 Å². The number of carbonyl (C=O) groups is 1. The van der Waals surface area contributed by atoms with E-state index in [1.165, 1.54) is 12.1 Å². The molecule has 3 aromatic rings. The average molecular weight is 465 g/mol. The number of aromatic hydroxyl groups is 1. The predicted molar refractivity (Wildman–Crippen MR) is 130 cm³/mol. The van der Waals surface area contributed by atoms with E-state index in [9.17, 15) is 20.1 Å². The highest BCUT2D eigenvalue weighted by Gasteiger charge is 2.21. The van der Waals surface area contributed by atoms with Gasteiger partial charge in [0.15, 0.2) is 0 Å². The molecular weight excluding hydrogens is 432 g/mol. The number of aryl methyl sites for hydroxylation is 1. The monoisotopic (exact) mass is 464 g/mol. The largest absolute Gasteiger partial charge is 0.506 e. The molecule has 180 valence electrons. The van der Waals surface area contributed by atoms with E-state index in [2.05, 4.69) is 20.6 Å². The topological polar surface area (TPSA) is 128 Å². The van der Waals surface area contributed by atoms with Crippen LogP contribution in [0.15, 0.2) is 54.6 Å². The first-order valence-corrected chi connectivity index (χ1v) is 11.2. The molecule has 1 aromatic carbocycles. The minimum Gasteiger partial charge on any atom is -0.506 e. The molecular formula is C26H32N4O4. The first-order valence-electron chi connectivity index (χ1n) is 11.2. The van der Waals surface area contributed by atoms with Crippen molar-refractivity contribution >= 4 is 11.7 Å². The molecule has 1 unspecified atom stereocenters. The third-order valence-corrected chi connectivity index (χ3v) is 5.39. The molecule has 0 aliphatic heterocycles. The van der Waals surface area contributed by atoms with Gasteiger partial charge in [0.25, 0.3) is 0 Å². The van der Waals surface area contributed by atoms with E-state index in [1.54, 1.807) is 6.07 Å². The van der Waals surface area contributed by atoms with E-state index >= 15 is 0 Å². The Kier molecular flexibility index (Phi) is 8.33. The van der Waals surface area contributed by atoms with Crippen molar-refractivity contribution in [3.63, 3.8) is 0 Å². The number of carbonyl (C=O) groups excluding carboxylic acids is 1. The summed E-state index contributed by atoms with van der Waals surface area (Å²) < 4.78 is 0. The normalized spacial score (nSPS) is 12.4. The van der Waals surface area contributed by atoms with Crippen LogP contribution < -0.4 is 10.6 Å². The van der Waals surface area contributed by atoms with Gasteiger partial charge in [0.1, 0.15) is 23.4 Å². The SMILES string of the molecule is Cc1cccc(NC(=O)Cc2cccc(CC(C)(C)NCC(O)c3ccc(O)c(CO)n3)c2)n1. The van der Waals surface area contributed by atoms with E-state index in [0.29, 0.717) is 17.9 Å². The number of aromatic nitrogens is 2. The molecule has 34 heavy (non-hydrogen) atoms. The maximum Gasteiger partial charge on any atom is 0.229 e. The molecule has 0 bridgehead atoms. The summed E-state index contributed by atoms with van der Waals surface area (Å²) >= 11 is 0. The highest BCUT2D eigenvalue weighted by Crippen LogP contribution is 2.20. The number of β-amino-alcohol motifs (C(OH)–C–C–N with tert-alkyl or cyclic N) is 1. The Labute approximate surface area is 199 Å². The van der Waals surface area contributed by atoms with Gasteiger partial charge in [-0.05, 0) is 62.6 Å². The van der Waals surface area contributed by atoms with E-state index < -0.39 is 12.7 Å². The van der Waals surface area contributed by atoms with Gasteiger partial charge in [-0.25, -0.2) is 9.97 Å². The van der Waals surface area contributed by atoms with E-state index in [-0.39, 0.29) is 35.9 Å². The number of amides is 1. The standard InChI is InChI=1S/C26H32N4O4/c1-17-6-4-9-24(28-17)30-25(34)13-18-7-5-8-19(12-18)14-26(2,3)27-15-23(33)20-10-11-22(32)21(16-31)29-20/h4-12,23,27,31-33H,13-16H2,1-3H3,(H,28,30,34). The lowest BCUT2D eigenvalue weighted by Gasteiger charge is -2.28. The summed E-state index contributed by atoms with van der Waals surface area (Å²) in [6.45, 7) is 5.79. The molecule has 8 nitrogen and oxygen atoms in total. The number of aliphatic hydroxyl groups excluding tert-OH is 2. The van der Waals surface area contributed by atoms with Gasteiger partial charge in [-0.3, -0.25) is 4.79 Å².